The Morgan fingerprint density at radius 3 is 2.85 bits per heavy atom. The molecule has 0 unspecified atom stereocenters. The van der Waals surface area contributed by atoms with Crippen LogP contribution in [0, 0.1) is 0 Å². The lowest BCUT2D eigenvalue weighted by molar-refractivity contribution is -0.117. The van der Waals surface area contributed by atoms with Crippen LogP contribution in [0.2, 0.25) is 5.02 Å². The normalized spacial score (nSPS) is 9.92. The molecule has 1 rings (SSSR count). The Bertz CT molecular complexity index is 325. The van der Waals surface area contributed by atoms with E-state index in [9.17, 15) is 9.90 Å². The highest BCUT2D eigenvalue weighted by Crippen LogP contribution is 2.22. The molecule has 0 aromatic heterocycles. The number of rotatable bonds is 3. The number of carbonyl (C=O) groups is 1. The Morgan fingerprint density at radius 2 is 2.23 bits per heavy atom. The van der Waals surface area contributed by atoms with Gasteiger partial charge >= 0.3 is 0 Å². The Labute approximate surface area is 81.1 Å². The molecule has 3 N–H and O–H groups in total. The molecule has 0 heterocycles. The number of hydrogen-bond donors (Lipinski definition) is 2. The molecule has 1 amide bonds. The van der Waals surface area contributed by atoms with Crippen LogP contribution in [0.25, 0.3) is 0 Å². The summed E-state index contributed by atoms with van der Waals surface area (Å²) in [6.07, 6.45) is 0.635. The van der Waals surface area contributed by atoms with Crippen LogP contribution in [0.3, 0.4) is 0 Å². The van der Waals surface area contributed by atoms with Crippen molar-refractivity contribution in [1.82, 2.24) is 0 Å². The van der Waals surface area contributed by atoms with E-state index in [0.29, 0.717) is 17.0 Å². The minimum Gasteiger partial charge on any atom is -0.508 e. The zero-order valence-electron chi connectivity index (χ0n) is 6.96. The minimum absolute atomic E-state index is 0.144. The predicted octanol–water partition coefficient (Wildman–Crippen LogP) is 1.46. The first-order valence-corrected chi connectivity index (χ1v) is 4.23. The molecule has 0 aliphatic rings. The zero-order valence-corrected chi connectivity index (χ0v) is 7.71. The molecule has 0 saturated heterocycles. The monoisotopic (exact) mass is 199 g/mol. The van der Waals surface area contributed by atoms with Gasteiger partial charge in [0.05, 0.1) is 0 Å². The molecule has 13 heavy (non-hydrogen) atoms. The van der Waals surface area contributed by atoms with Crippen molar-refractivity contribution in [2.75, 3.05) is 0 Å². The highest BCUT2D eigenvalue weighted by molar-refractivity contribution is 6.30. The van der Waals surface area contributed by atoms with E-state index in [1.54, 1.807) is 12.1 Å². The summed E-state index contributed by atoms with van der Waals surface area (Å²) >= 11 is 5.70. The molecule has 3 nitrogen and oxygen atoms in total. The molecule has 0 spiro atoms. The van der Waals surface area contributed by atoms with Crippen LogP contribution in [0.1, 0.15) is 12.0 Å². The van der Waals surface area contributed by atoms with Crippen LogP contribution in [-0.4, -0.2) is 11.0 Å². The number of amides is 1. The molecular weight excluding hydrogens is 190 g/mol. The van der Waals surface area contributed by atoms with Gasteiger partial charge in [0.1, 0.15) is 5.75 Å². The maximum Gasteiger partial charge on any atom is 0.217 e. The van der Waals surface area contributed by atoms with Gasteiger partial charge in [-0.2, -0.15) is 0 Å². The molecule has 1 aromatic carbocycles. The molecular formula is C9H10ClNO2. The number of hydrogen-bond acceptors (Lipinski definition) is 2. The van der Waals surface area contributed by atoms with Crippen molar-refractivity contribution in [3.8, 4) is 5.75 Å². The molecule has 0 bridgehead atoms. The fourth-order valence-corrected chi connectivity index (χ4v) is 1.21. The Hall–Kier alpha value is -1.22. The average Bonchev–Trinajstić information content (AvgIpc) is 2.06. The smallest absolute Gasteiger partial charge is 0.217 e. The minimum atomic E-state index is -0.389. The van der Waals surface area contributed by atoms with E-state index in [2.05, 4.69) is 0 Å². The summed E-state index contributed by atoms with van der Waals surface area (Å²) < 4.78 is 0. The van der Waals surface area contributed by atoms with Crippen molar-refractivity contribution in [3.05, 3.63) is 28.8 Å². The van der Waals surface area contributed by atoms with E-state index in [0.717, 1.165) is 0 Å². The third-order valence-corrected chi connectivity index (χ3v) is 1.92. The lowest BCUT2D eigenvalue weighted by Gasteiger charge is -2.02. The number of phenols is 1. The van der Waals surface area contributed by atoms with E-state index >= 15 is 0 Å². The molecule has 70 valence electrons. The van der Waals surface area contributed by atoms with Crippen molar-refractivity contribution >= 4 is 17.5 Å². The number of aromatic hydroxyl groups is 1. The maximum atomic E-state index is 10.5. The third kappa shape index (κ3) is 2.95. The van der Waals surface area contributed by atoms with Crippen LogP contribution < -0.4 is 5.73 Å². The largest absolute Gasteiger partial charge is 0.508 e. The number of aryl methyl sites for hydroxylation is 1. The van der Waals surface area contributed by atoms with Gasteiger partial charge in [0.15, 0.2) is 0 Å². The van der Waals surface area contributed by atoms with Gasteiger partial charge in [-0.15, -0.1) is 0 Å². The SMILES string of the molecule is NC(=O)CCc1cc(Cl)ccc1O. The fourth-order valence-electron chi connectivity index (χ4n) is 1.01. The van der Waals surface area contributed by atoms with Crippen molar-refractivity contribution in [1.29, 1.82) is 0 Å². The van der Waals surface area contributed by atoms with E-state index < -0.39 is 0 Å². The molecule has 0 aliphatic heterocycles. The van der Waals surface area contributed by atoms with Crippen molar-refractivity contribution < 1.29 is 9.90 Å². The highest BCUT2D eigenvalue weighted by atomic mass is 35.5. The number of carbonyl (C=O) groups excluding carboxylic acids is 1. The maximum absolute atomic E-state index is 10.5. The van der Waals surface area contributed by atoms with Crippen LogP contribution in [0.4, 0.5) is 0 Å². The van der Waals surface area contributed by atoms with Gasteiger partial charge < -0.3 is 10.8 Å². The van der Waals surface area contributed by atoms with Gasteiger partial charge in [-0.3, -0.25) is 4.79 Å². The molecule has 0 fully saturated rings. The summed E-state index contributed by atoms with van der Waals surface area (Å²) in [4.78, 5) is 10.5. The van der Waals surface area contributed by atoms with Gasteiger partial charge in [-0.05, 0) is 30.2 Å². The first kappa shape index (κ1) is 9.86. The Kier molecular flexibility index (Phi) is 3.14. The lowest BCUT2D eigenvalue weighted by atomic mass is 10.1. The standard InChI is InChI=1S/C9H10ClNO2/c10-7-2-3-8(12)6(5-7)1-4-9(11)13/h2-3,5,12H,1,4H2,(H2,11,13). The summed E-state index contributed by atoms with van der Waals surface area (Å²) in [5, 5.41) is 9.88. The first-order valence-electron chi connectivity index (χ1n) is 3.85. The summed E-state index contributed by atoms with van der Waals surface area (Å²) in [5.74, 6) is -0.245. The number of halogens is 1. The van der Waals surface area contributed by atoms with Crippen LogP contribution >= 0.6 is 11.6 Å². The van der Waals surface area contributed by atoms with Gasteiger partial charge in [-0.1, -0.05) is 11.6 Å². The Balaban J connectivity index is 2.75. The molecule has 0 radical (unpaired) electrons. The van der Waals surface area contributed by atoms with Crippen molar-refractivity contribution in [2.24, 2.45) is 5.73 Å². The third-order valence-electron chi connectivity index (χ3n) is 1.68. The van der Waals surface area contributed by atoms with Crippen LogP contribution in [0.5, 0.6) is 5.75 Å². The van der Waals surface area contributed by atoms with E-state index in [-0.39, 0.29) is 18.1 Å². The van der Waals surface area contributed by atoms with Gasteiger partial charge in [-0.25, -0.2) is 0 Å². The van der Waals surface area contributed by atoms with Crippen LogP contribution in [-0.2, 0) is 11.2 Å². The lowest BCUT2D eigenvalue weighted by Crippen LogP contribution is -2.11. The van der Waals surface area contributed by atoms with Gasteiger partial charge in [0.25, 0.3) is 0 Å². The second-order valence-electron chi connectivity index (χ2n) is 2.74. The molecule has 4 heteroatoms. The van der Waals surface area contributed by atoms with Gasteiger partial charge in [0.2, 0.25) is 5.91 Å². The topological polar surface area (TPSA) is 63.3 Å². The Morgan fingerprint density at radius 1 is 1.54 bits per heavy atom. The summed E-state index contributed by atoms with van der Waals surface area (Å²) in [6, 6.07) is 4.71. The zero-order chi connectivity index (χ0) is 9.84. The second kappa shape index (κ2) is 4.14. The van der Waals surface area contributed by atoms with E-state index in [1.165, 1.54) is 6.07 Å². The summed E-state index contributed by atoms with van der Waals surface area (Å²) in [6.45, 7) is 0. The average molecular weight is 200 g/mol. The molecule has 0 aliphatic carbocycles. The quantitative estimate of drug-likeness (QED) is 0.774. The predicted molar refractivity (Wildman–Crippen MR) is 50.6 cm³/mol. The molecule has 1 aromatic rings. The molecule has 0 saturated carbocycles. The summed E-state index contributed by atoms with van der Waals surface area (Å²) in [7, 11) is 0. The van der Waals surface area contributed by atoms with Crippen molar-refractivity contribution in [3.63, 3.8) is 0 Å². The van der Waals surface area contributed by atoms with Gasteiger partial charge in [0, 0.05) is 11.4 Å². The van der Waals surface area contributed by atoms with Crippen molar-refractivity contribution in [2.45, 2.75) is 12.8 Å². The number of benzene rings is 1. The van der Waals surface area contributed by atoms with Crippen LogP contribution in [0.15, 0.2) is 18.2 Å². The first-order chi connectivity index (χ1) is 6.09. The van der Waals surface area contributed by atoms with E-state index in [1.807, 2.05) is 0 Å². The molecule has 0 atom stereocenters. The fraction of sp³-hybridized carbons (Fsp3) is 0.222. The second-order valence-corrected chi connectivity index (χ2v) is 3.18. The van der Waals surface area contributed by atoms with E-state index in [4.69, 9.17) is 17.3 Å². The number of phenolic OH excluding ortho intramolecular Hbond substituents is 1. The number of nitrogens with two attached hydrogens (primary N) is 1. The summed E-state index contributed by atoms with van der Waals surface area (Å²) in [5.41, 5.74) is 5.62. The number of primary amides is 1. The highest BCUT2D eigenvalue weighted by Gasteiger charge is 2.03.